The van der Waals surface area contributed by atoms with Gasteiger partial charge in [0.1, 0.15) is 5.75 Å². The van der Waals surface area contributed by atoms with Crippen LogP contribution in [0.5, 0.6) is 5.75 Å². The van der Waals surface area contributed by atoms with Crippen molar-refractivity contribution in [1.82, 2.24) is 9.88 Å². The number of H-pyrrole nitrogens is 1. The van der Waals surface area contributed by atoms with E-state index in [1.807, 2.05) is 18.2 Å². The highest BCUT2D eigenvalue weighted by Gasteiger charge is 2.32. The fourth-order valence-electron chi connectivity index (χ4n) is 3.51. The first-order valence-electron chi connectivity index (χ1n) is 9.11. The molecule has 0 unspecified atom stereocenters. The van der Waals surface area contributed by atoms with Crippen molar-refractivity contribution in [2.75, 3.05) is 31.6 Å². The van der Waals surface area contributed by atoms with E-state index in [9.17, 15) is 18.0 Å². The molecule has 27 heavy (non-hydrogen) atoms. The molecule has 1 saturated heterocycles. The van der Waals surface area contributed by atoms with Gasteiger partial charge >= 0.3 is 6.18 Å². The van der Waals surface area contributed by atoms with Gasteiger partial charge in [0.2, 0.25) is 5.91 Å². The minimum Gasteiger partial charge on any atom is -0.494 e. The number of anilines is 1. The molecule has 0 bridgehead atoms. The molecule has 2 aromatic rings. The number of aromatic amines is 1. The van der Waals surface area contributed by atoms with Crippen LogP contribution in [0, 0.1) is 5.92 Å². The third-order valence-electron chi connectivity index (χ3n) is 4.87. The van der Waals surface area contributed by atoms with E-state index in [0.29, 0.717) is 37.1 Å². The maximum atomic E-state index is 12.4. The first-order chi connectivity index (χ1) is 12.8. The summed E-state index contributed by atoms with van der Waals surface area (Å²) in [5, 5.41) is 3.65. The molecule has 1 aliphatic heterocycles. The molecule has 0 aliphatic carbocycles. The van der Waals surface area contributed by atoms with E-state index in [0.717, 1.165) is 30.2 Å². The van der Waals surface area contributed by atoms with Gasteiger partial charge in [-0.25, -0.2) is 0 Å². The van der Waals surface area contributed by atoms with Gasteiger partial charge in [-0.2, -0.15) is 13.2 Å². The Bertz CT molecular complexity index is 780. The van der Waals surface area contributed by atoms with Gasteiger partial charge < -0.3 is 15.0 Å². The predicted octanol–water partition coefficient (Wildman–Crippen LogP) is 4.17. The van der Waals surface area contributed by atoms with Crippen LogP contribution in [0.2, 0.25) is 0 Å². The van der Waals surface area contributed by atoms with E-state index in [1.165, 1.54) is 11.8 Å². The number of hydrogen-bond acceptors (Lipinski definition) is 3. The summed E-state index contributed by atoms with van der Waals surface area (Å²) < 4.78 is 43.1. The lowest BCUT2D eigenvalue weighted by molar-refractivity contribution is -0.148. The number of rotatable bonds is 6. The maximum absolute atomic E-state index is 12.4. The van der Waals surface area contributed by atoms with E-state index in [1.54, 1.807) is 6.20 Å². The van der Waals surface area contributed by atoms with E-state index in [-0.39, 0.29) is 5.91 Å². The summed E-state index contributed by atoms with van der Waals surface area (Å²) >= 11 is 0. The second-order valence-corrected chi connectivity index (χ2v) is 7.06. The van der Waals surface area contributed by atoms with Crippen LogP contribution in [0.15, 0.2) is 24.4 Å². The zero-order chi connectivity index (χ0) is 19.4. The van der Waals surface area contributed by atoms with Crippen LogP contribution < -0.4 is 10.1 Å². The number of ether oxygens (including phenoxy) is 1. The molecule has 1 amide bonds. The standard InChI is InChI=1S/C19H24F3N3O2/c1-13(26)24-18-11-23-17-3-2-15(10-16(17)18)27-9-6-14-4-7-25(8-5-14)12-19(20,21)22/h2-3,10-11,14,23H,4-9,12H2,1H3,(H,24,26). The molecule has 148 valence electrons. The molecular weight excluding hydrogens is 359 g/mol. The lowest BCUT2D eigenvalue weighted by atomic mass is 9.94. The molecule has 2 heterocycles. The monoisotopic (exact) mass is 383 g/mol. The Morgan fingerprint density at radius 1 is 1.33 bits per heavy atom. The summed E-state index contributed by atoms with van der Waals surface area (Å²) in [4.78, 5) is 15.8. The molecule has 1 aromatic heterocycles. The van der Waals surface area contributed by atoms with Crippen molar-refractivity contribution in [1.29, 1.82) is 0 Å². The Kier molecular flexibility index (Phi) is 5.94. The van der Waals surface area contributed by atoms with Gasteiger partial charge in [0, 0.05) is 24.0 Å². The number of alkyl halides is 3. The molecule has 1 aliphatic rings. The van der Waals surface area contributed by atoms with E-state index in [2.05, 4.69) is 10.3 Å². The van der Waals surface area contributed by atoms with Gasteiger partial charge in [0.05, 0.1) is 18.8 Å². The number of fused-ring (bicyclic) bond motifs is 1. The van der Waals surface area contributed by atoms with Crippen LogP contribution in [0.3, 0.4) is 0 Å². The van der Waals surface area contributed by atoms with E-state index < -0.39 is 12.7 Å². The summed E-state index contributed by atoms with van der Waals surface area (Å²) in [6.07, 6.45) is -0.0248. The zero-order valence-corrected chi connectivity index (χ0v) is 15.2. The quantitative estimate of drug-likeness (QED) is 0.787. The summed E-state index contributed by atoms with van der Waals surface area (Å²) in [6, 6.07) is 5.64. The molecular formula is C19H24F3N3O2. The third kappa shape index (κ3) is 5.63. The van der Waals surface area contributed by atoms with Gasteiger partial charge in [-0.05, 0) is 56.5 Å². The molecule has 0 saturated carbocycles. The fourth-order valence-corrected chi connectivity index (χ4v) is 3.51. The number of amides is 1. The molecule has 0 radical (unpaired) electrons. The molecule has 0 spiro atoms. The van der Waals surface area contributed by atoms with Crippen LogP contribution in [0.4, 0.5) is 18.9 Å². The molecule has 5 nitrogen and oxygen atoms in total. The van der Waals surface area contributed by atoms with Crippen molar-refractivity contribution in [3.8, 4) is 5.75 Å². The molecule has 2 N–H and O–H groups in total. The number of carbonyl (C=O) groups excluding carboxylic acids is 1. The van der Waals surface area contributed by atoms with Gasteiger partial charge in [-0.3, -0.25) is 9.69 Å². The highest BCUT2D eigenvalue weighted by molar-refractivity contribution is 6.01. The molecule has 3 rings (SSSR count). The highest BCUT2D eigenvalue weighted by atomic mass is 19.4. The Morgan fingerprint density at radius 2 is 2.07 bits per heavy atom. The van der Waals surface area contributed by atoms with Crippen LogP contribution in [0.1, 0.15) is 26.2 Å². The average molecular weight is 383 g/mol. The average Bonchev–Trinajstić information content (AvgIpc) is 2.97. The number of nitrogens with one attached hydrogen (secondary N) is 2. The number of carbonyl (C=O) groups is 1. The molecule has 0 atom stereocenters. The minimum atomic E-state index is -4.12. The smallest absolute Gasteiger partial charge is 0.401 e. The number of benzene rings is 1. The van der Waals surface area contributed by atoms with Gasteiger partial charge in [-0.1, -0.05) is 0 Å². The molecule has 8 heteroatoms. The van der Waals surface area contributed by atoms with E-state index in [4.69, 9.17) is 4.74 Å². The molecule has 1 aromatic carbocycles. The third-order valence-corrected chi connectivity index (χ3v) is 4.87. The Morgan fingerprint density at radius 3 is 2.74 bits per heavy atom. The number of hydrogen-bond donors (Lipinski definition) is 2. The van der Waals surface area contributed by atoms with Crippen molar-refractivity contribution < 1.29 is 22.7 Å². The number of piperidine rings is 1. The summed E-state index contributed by atoms with van der Waals surface area (Å²) in [5.74, 6) is 0.961. The van der Waals surface area contributed by atoms with Crippen molar-refractivity contribution in [2.45, 2.75) is 32.4 Å². The SMILES string of the molecule is CC(=O)Nc1c[nH]c2ccc(OCCC3CCN(CC(F)(F)F)CC3)cc12. The van der Waals surface area contributed by atoms with Gasteiger partial charge in [-0.15, -0.1) is 0 Å². The zero-order valence-electron chi connectivity index (χ0n) is 15.2. The Labute approximate surface area is 155 Å². The Hall–Kier alpha value is -2.22. The normalized spacial score (nSPS) is 16.6. The van der Waals surface area contributed by atoms with Crippen LogP contribution >= 0.6 is 0 Å². The second-order valence-electron chi connectivity index (χ2n) is 7.06. The summed E-state index contributed by atoms with van der Waals surface area (Å²) in [5.41, 5.74) is 1.61. The van der Waals surface area contributed by atoms with Crippen LogP contribution in [0.25, 0.3) is 10.9 Å². The summed E-state index contributed by atoms with van der Waals surface area (Å²) in [7, 11) is 0. The molecule has 1 fully saturated rings. The lowest BCUT2D eigenvalue weighted by Crippen LogP contribution is -2.40. The number of nitrogens with zero attached hydrogens (tertiary/aromatic N) is 1. The predicted molar refractivity (Wildman–Crippen MR) is 97.9 cm³/mol. The minimum absolute atomic E-state index is 0.140. The summed E-state index contributed by atoms with van der Waals surface area (Å²) in [6.45, 7) is 2.14. The largest absolute Gasteiger partial charge is 0.494 e. The fraction of sp³-hybridized carbons (Fsp3) is 0.526. The topological polar surface area (TPSA) is 57.4 Å². The van der Waals surface area contributed by atoms with Crippen LogP contribution in [-0.4, -0.2) is 48.2 Å². The highest BCUT2D eigenvalue weighted by Crippen LogP contribution is 2.28. The maximum Gasteiger partial charge on any atom is 0.401 e. The van der Waals surface area contributed by atoms with Gasteiger partial charge in [0.25, 0.3) is 0 Å². The van der Waals surface area contributed by atoms with Crippen molar-refractivity contribution in [2.24, 2.45) is 5.92 Å². The number of likely N-dealkylation sites (tertiary alicyclic amines) is 1. The van der Waals surface area contributed by atoms with E-state index >= 15 is 0 Å². The first kappa shape index (κ1) is 19.5. The first-order valence-corrected chi connectivity index (χ1v) is 9.11. The lowest BCUT2D eigenvalue weighted by Gasteiger charge is -2.32. The number of aromatic nitrogens is 1. The number of halogens is 3. The second kappa shape index (κ2) is 8.21. The van der Waals surface area contributed by atoms with Crippen molar-refractivity contribution in [3.63, 3.8) is 0 Å². The Balaban J connectivity index is 1.47. The van der Waals surface area contributed by atoms with Gasteiger partial charge in [0.15, 0.2) is 0 Å². The van der Waals surface area contributed by atoms with Crippen molar-refractivity contribution >= 4 is 22.5 Å². The van der Waals surface area contributed by atoms with Crippen LogP contribution in [-0.2, 0) is 4.79 Å². The van der Waals surface area contributed by atoms with Crippen molar-refractivity contribution in [3.05, 3.63) is 24.4 Å².